The van der Waals surface area contributed by atoms with Gasteiger partial charge in [0.1, 0.15) is 10.6 Å². The average Bonchev–Trinajstić information content (AvgIpc) is 2.72. The Bertz CT molecular complexity index is 588. The van der Waals surface area contributed by atoms with Crippen molar-refractivity contribution in [1.29, 1.82) is 0 Å². The molecule has 2 aromatic rings. The zero-order chi connectivity index (χ0) is 13.4. The highest BCUT2D eigenvalue weighted by atomic mass is 35.5. The standard InChI is InChI=1S/C14H18ClN3S/c1-8-3-5-10(6-4-8)16-12-11-7-9(2)19-13(11)18-14(15)17-12/h7-8,10H,3-6H2,1-2H3,(H,16,17,18). The quantitative estimate of drug-likeness (QED) is 0.820. The lowest BCUT2D eigenvalue weighted by atomic mass is 9.87. The fourth-order valence-electron chi connectivity index (χ4n) is 2.72. The first kappa shape index (κ1) is 13.1. The molecule has 1 saturated carbocycles. The number of thiophene rings is 1. The summed E-state index contributed by atoms with van der Waals surface area (Å²) in [6, 6.07) is 2.66. The van der Waals surface area contributed by atoms with Crippen molar-refractivity contribution in [2.24, 2.45) is 5.92 Å². The highest BCUT2D eigenvalue weighted by molar-refractivity contribution is 7.18. The van der Waals surface area contributed by atoms with Crippen LogP contribution in [0, 0.1) is 12.8 Å². The van der Waals surface area contributed by atoms with Crippen LogP contribution < -0.4 is 5.32 Å². The number of hydrogen-bond donors (Lipinski definition) is 1. The van der Waals surface area contributed by atoms with E-state index < -0.39 is 0 Å². The van der Waals surface area contributed by atoms with E-state index in [9.17, 15) is 0 Å². The summed E-state index contributed by atoms with van der Waals surface area (Å²) >= 11 is 7.69. The maximum absolute atomic E-state index is 6.02. The summed E-state index contributed by atoms with van der Waals surface area (Å²) in [7, 11) is 0. The molecule has 0 bridgehead atoms. The summed E-state index contributed by atoms with van der Waals surface area (Å²) in [6.07, 6.45) is 5.02. The molecule has 1 aliphatic carbocycles. The van der Waals surface area contributed by atoms with Crippen LogP contribution in [0.4, 0.5) is 5.82 Å². The Morgan fingerprint density at radius 3 is 2.74 bits per heavy atom. The van der Waals surface area contributed by atoms with Crippen molar-refractivity contribution in [3.63, 3.8) is 0 Å². The van der Waals surface area contributed by atoms with Crippen LogP contribution in [0.25, 0.3) is 10.2 Å². The second-order valence-electron chi connectivity index (χ2n) is 5.52. The number of anilines is 1. The molecule has 3 nitrogen and oxygen atoms in total. The lowest BCUT2D eigenvalue weighted by Gasteiger charge is -2.27. The Balaban J connectivity index is 1.87. The minimum Gasteiger partial charge on any atom is -0.367 e. The molecule has 19 heavy (non-hydrogen) atoms. The Hall–Kier alpha value is -0.870. The van der Waals surface area contributed by atoms with E-state index in [1.165, 1.54) is 30.6 Å². The minimum atomic E-state index is 0.334. The molecular formula is C14H18ClN3S. The highest BCUT2D eigenvalue weighted by Crippen LogP contribution is 2.32. The van der Waals surface area contributed by atoms with Crippen LogP contribution in [0.1, 0.15) is 37.5 Å². The summed E-state index contributed by atoms with van der Waals surface area (Å²) in [5, 5.41) is 5.01. The monoisotopic (exact) mass is 295 g/mol. The molecular weight excluding hydrogens is 278 g/mol. The van der Waals surface area contributed by atoms with E-state index >= 15 is 0 Å². The summed E-state index contributed by atoms with van der Waals surface area (Å²) in [4.78, 5) is 10.9. The first-order chi connectivity index (χ1) is 9.11. The number of hydrogen-bond acceptors (Lipinski definition) is 4. The number of nitrogens with one attached hydrogen (secondary N) is 1. The van der Waals surface area contributed by atoms with Gasteiger partial charge in [-0.2, -0.15) is 0 Å². The van der Waals surface area contributed by atoms with Crippen LogP contribution >= 0.6 is 22.9 Å². The summed E-state index contributed by atoms with van der Waals surface area (Å²) in [5.41, 5.74) is 0. The number of fused-ring (bicyclic) bond motifs is 1. The van der Waals surface area contributed by atoms with E-state index in [2.05, 4.69) is 35.2 Å². The van der Waals surface area contributed by atoms with Gasteiger partial charge in [-0.1, -0.05) is 6.92 Å². The van der Waals surface area contributed by atoms with Gasteiger partial charge in [0.05, 0.1) is 5.39 Å². The fraction of sp³-hybridized carbons (Fsp3) is 0.571. The van der Waals surface area contributed by atoms with E-state index in [0.29, 0.717) is 11.3 Å². The van der Waals surface area contributed by atoms with Crippen LogP contribution in [0.5, 0.6) is 0 Å². The fourth-order valence-corrected chi connectivity index (χ4v) is 3.82. The van der Waals surface area contributed by atoms with Crippen molar-refractivity contribution < 1.29 is 0 Å². The Labute approximate surface area is 122 Å². The molecule has 5 heteroatoms. The van der Waals surface area contributed by atoms with Gasteiger partial charge in [0.25, 0.3) is 0 Å². The molecule has 102 valence electrons. The molecule has 2 aromatic heterocycles. The van der Waals surface area contributed by atoms with E-state index in [0.717, 1.165) is 22.0 Å². The smallest absolute Gasteiger partial charge is 0.225 e. The van der Waals surface area contributed by atoms with Gasteiger partial charge in [-0.05, 0) is 56.2 Å². The number of rotatable bonds is 2. The van der Waals surface area contributed by atoms with E-state index in [1.54, 1.807) is 11.3 Å². The topological polar surface area (TPSA) is 37.8 Å². The maximum atomic E-state index is 6.02. The van der Waals surface area contributed by atoms with E-state index in [1.807, 2.05) is 0 Å². The second kappa shape index (κ2) is 5.25. The molecule has 0 unspecified atom stereocenters. The number of nitrogens with zero attached hydrogens (tertiary/aromatic N) is 2. The number of halogens is 1. The van der Waals surface area contributed by atoms with E-state index in [-0.39, 0.29) is 0 Å². The molecule has 0 aliphatic heterocycles. The zero-order valence-electron chi connectivity index (χ0n) is 11.2. The van der Waals surface area contributed by atoms with Crippen LogP contribution in [-0.4, -0.2) is 16.0 Å². The molecule has 0 spiro atoms. The van der Waals surface area contributed by atoms with Crippen molar-refractivity contribution in [2.75, 3.05) is 5.32 Å². The van der Waals surface area contributed by atoms with Crippen molar-refractivity contribution in [2.45, 2.75) is 45.6 Å². The Morgan fingerprint density at radius 2 is 2.00 bits per heavy atom. The molecule has 1 N–H and O–H groups in total. The van der Waals surface area contributed by atoms with Crippen LogP contribution in [-0.2, 0) is 0 Å². The second-order valence-corrected chi connectivity index (χ2v) is 7.09. The lowest BCUT2D eigenvalue weighted by Crippen LogP contribution is -2.25. The largest absolute Gasteiger partial charge is 0.367 e. The third-order valence-corrected chi connectivity index (χ3v) is 4.96. The number of aromatic nitrogens is 2. The van der Waals surface area contributed by atoms with Crippen LogP contribution in [0.3, 0.4) is 0 Å². The Kier molecular flexibility index (Phi) is 3.63. The summed E-state index contributed by atoms with van der Waals surface area (Å²) < 4.78 is 0. The van der Waals surface area contributed by atoms with Crippen molar-refractivity contribution in [1.82, 2.24) is 9.97 Å². The van der Waals surface area contributed by atoms with Crippen LogP contribution in [0.15, 0.2) is 6.07 Å². The minimum absolute atomic E-state index is 0.334. The summed E-state index contributed by atoms with van der Waals surface area (Å²) in [5.74, 6) is 1.76. The maximum Gasteiger partial charge on any atom is 0.225 e. The molecule has 0 aromatic carbocycles. The van der Waals surface area contributed by atoms with Gasteiger partial charge >= 0.3 is 0 Å². The molecule has 1 fully saturated rings. The third-order valence-electron chi connectivity index (χ3n) is 3.85. The SMILES string of the molecule is Cc1cc2c(NC3CCC(C)CC3)nc(Cl)nc2s1. The van der Waals surface area contributed by atoms with Gasteiger partial charge in [0, 0.05) is 10.9 Å². The molecule has 0 amide bonds. The Morgan fingerprint density at radius 1 is 1.26 bits per heavy atom. The molecule has 0 atom stereocenters. The van der Waals surface area contributed by atoms with Gasteiger partial charge < -0.3 is 5.32 Å². The molecule has 0 saturated heterocycles. The predicted octanol–water partition coefficient (Wildman–Crippen LogP) is 4.64. The van der Waals surface area contributed by atoms with Gasteiger partial charge in [0.15, 0.2) is 0 Å². The van der Waals surface area contributed by atoms with Gasteiger partial charge in [-0.25, -0.2) is 9.97 Å². The molecule has 0 radical (unpaired) electrons. The third kappa shape index (κ3) is 2.84. The lowest BCUT2D eigenvalue weighted by molar-refractivity contribution is 0.361. The normalized spacial score (nSPS) is 23.7. The molecule has 1 aliphatic rings. The zero-order valence-corrected chi connectivity index (χ0v) is 12.8. The average molecular weight is 296 g/mol. The van der Waals surface area contributed by atoms with Gasteiger partial charge in [-0.3, -0.25) is 0 Å². The molecule has 3 rings (SSSR count). The van der Waals surface area contributed by atoms with Crippen LogP contribution in [0.2, 0.25) is 5.28 Å². The van der Waals surface area contributed by atoms with E-state index in [4.69, 9.17) is 11.6 Å². The van der Waals surface area contributed by atoms with Gasteiger partial charge in [-0.15, -0.1) is 11.3 Å². The first-order valence-electron chi connectivity index (χ1n) is 6.82. The summed E-state index contributed by atoms with van der Waals surface area (Å²) in [6.45, 7) is 4.42. The molecule has 2 heterocycles. The van der Waals surface area contributed by atoms with Gasteiger partial charge in [0.2, 0.25) is 5.28 Å². The number of aryl methyl sites for hydroxylation is 1. The first-order valence-corrected chi connectivity index (χ1v) is 8.01. The van der Waals surface area contributed by atoms with Crippen molar-refractivity contribution in [3.8, 4) is 0 Å². The predicted molar refractivity (Wildman–Crippen MR) is 82.2 cm³/mol. The highest BCUT2D eigenvalue weighted by Gasteiger charge is 2.20. The van der Waals surface area contributed by atoms with Crippen molar-refractivity contribution >= 4 is 39.0 Å². The van der Waals surface area contributed by atoms with Crippen molar-refractivity contribution in [3.05, 3.63) is 16.2 Å².